The van der Waals surface area contributed by atoms with Crippen molar-refractivity contribution in [2.45, 2.75) is 54.9 Å². The Morgan fingerprint density at radius 1 is 1.12 bits per heavy atom. The maximum atomic E-state index is 12.5. The zero-order valence-electron chi connectivity index (χ0n) is 11.9. The summed E-state index contributed by atoms with van der Waals surface area (Å²) in [7, 11) is 0. The highest BCUT2D eigenvalue weighted by Crippen LogP contribution is 2.36. The van der Waals surface area contributed by atoms with E-state index in [1.807, 2.05) is 34.6 Å². The first-order valence-corrected chi connectivity index (χ1v) is 5.86. The van der Waals surface area contributed by atoms with Gasteiger partial charge in [-0.2, -0.15) is 0 Å². The summed E-state index contributed by atoms with van der Waals surface area (Å²) in [5.74, 6) is 0.269. The SMILES string of the molecule is C=C(C)C(C)(C)C(=O)C(C)(C)CC=C(C)C. The van der Waals surface area contributed by atoms with Gasteiger partial charge in [-0.25, -0.2) is 0 Å². The molecule has 1 heteroatoms. The fourth-order valence-electron chi connectivity index (χ4n) is 1.59. The van der Waals surface area contributed by atoms with Crippen molar-refractivity contribution in [3.05, 3.63) is 23.8 Å². The predicted octanol–water partition coefficient (Wildman–Crippen LogP) is 4.54. The number of ketones is 1. The zero-order chi connectivity index (χ0) is 13.1. The third kappa shape index (κ3) is 3.62. The number of hydrogen-bond acceptors (Lipinski definition) is 1. The Hall–Kier alpha value is -0.850. The van der Waals surface area contributed by atoms with Gasteiger partial charge in [0, 0.05) is 10.8 Å². The molecule has 0 atom stereocenters. The summed E-state index contributed by atoms with van der Waals surface area (Å²) >= 11 is 0. The lowest BCUT2D eigenvalue weighted by molar-refractivity contribution is -0.133. The van der Waals surface area contributed by atoms with Crippen molar-refractivity contribution in [1.82, 2.24) is 0 Å². The van der Waals surface area contributed by atoms with E-state index in [0.717, 1.165) is 12.0 Å². The van der Waals surface area contributed by atoms with E-state index in [2.05, 4.69) is 26.5 Å². The molecule has 0 bridgehead atoms. The number of carbonyl (C=O) groups excluding carboxylic acids is 1. The van der Waals surface area contributed by atoms with Gasteiger partial charge in [0.25, 0.3) is 0 Å². The molecule has 0 heterocycles. The molecule has 0 saturated carbocycles. The van der Waals surface area contributed by atoms with Crippen LogP contribution in [0.4, 0.5) is 0 Å². The van der Waals surface area contributed by atoms with Crippen LogP contribution in [0, 0.1) is 10.8 Å². The monoisotopic (exact) mass is 222 g/mol. The van der Waals surface area contributed by atoms with E-state index in [-0.39, 0.29) is 11.2 Å². The van der Waals surface area contributed by atoms with Gasteiger partial charge in [0.05, 0.1) is 0 Å². The fourth-order valence-corrected chi connectivity index (χ4v) is 1.59. The first-order valence-electron chi connectivity index (χ1n) is 5.86. The topological polar surface area (TPSA) is 17.1 Å². The average molecular weight is 222 g/mol. The van der Waals surface area contributed by atoms with E-state index in [1.165, 1.54) is 5.57 Å². The largest absolute Gasteiger partial charge is 0.298 e. The lowest BCUT2D eigenvalue weighted by Gasteiger charge is -2.33. The number of allylic oxidation sites excluding steroid dienone is 3. The van der Waals surface area contributed by atoms with Crippen LogP contribution >= 0.6 is 0 Å². The van der Waals surface area contributed by atoms with Gasteiger partial charge in [-0.05, 0) is 41.0 Å². The van der Waals surface area contributed by atoms with Crippen LogP contribution in [0.5, 0.6) is 0 Å². The summed E-state index contributed by atoms with van der Waals surface area (Å²) in [5, 5.41) is 0. The van der Waals surface area contributed by atoms with Crippen molar-refractivity contribution in [3.63, 3.8) is 0 Å². The van der Waals surface area contributed by atoms with Crippen LogP contribution in [0.3, 0.4) is 0 Å². The van der Waals surface area contributed by atoms with Crippen LogP contribution in [-0.4, -0.2) is 5.78 Å². The van der Waals surface area contributed by atoms with Gasteiger partial charge in [-0.3, -0.25) is 4.79 Å². The predicted molar refractivity (Wildman–Crippen MR) is 71.4 cm³/mol. The van der Waals surface area contributed by atoms with Crippen molar-refractivity contribution >= 4 is 5.78 Å². The van der Waals surface area contributed by atoms with Crippen molar-refractivity contribution in [3.8, 4) is 0 Å². The minimum atomic E-state index is -0.432. The highest BCUT2D eigenvalue weighted by Gasteiger charge is 2.38. The Morgan fingerprint density at radius 2 is 1.56 bits per heavy atom. The second kappa shape index (κ2) is 4.99. The van der Waals surface area contributed by atoms with Gasteiger partial charge >= 0.3 is 0 Å². The molecular formula is C15H26O. The van der Waals surface area contributed by atoms with Gasteiger partial charge in [-0.15, -0.1) is 0 Å². The van der Waals surface area contributed by atoms with E-state index in [0.29, 0.717) is 0 Å². The van der Waals surface area contributed by atoms with Gasteiger partial charge in [0.2, 0.25) is 0 Å². The summed E-state index contributed by atoms with van der Waals surface area (Å²) in [5.41, 5.74) is 1.44. The van der Waals surface area contributed by atoms with Crippen molar-refractivity contribution in [2.75, 3.05) is 0 Å². The van der Waals surface area contributed by atoms with Crippen LogP contribution in [0.15, 0.2) is 23.8 Å². The molecule has 0 rings (SSSR count). The van der Waals surface area contributed by atoms with Crippen molar-refractivity contribution < 1.29 is 4.79 Å². The Morgan fingerprint density at radius 3 is 1.88 bits per heavy atom. The number of hydrogen-bond donors (Lipinski definition) is 0. The first kappa shape index (κ1) is 15.2. The smallest absolute Gasteiger partial charge is 0.148 e. The summed E-state index contributed by atoms with van der Waals surface area (Å²) in [6, 6.07) is 0. The zero-order valence-corrected chi connectivity index (χ0v) is 11.9. The van der Waals surface area contributed by atoms with E-state index >= 15 is 0 Å². The maximum Gasteiger partial charge on any atom is 0.148 e. The molecule has 0 aromatic heterocycles. The minimum Gasteiger partial charge on any atom is -0.298 e. The molecule has 0 unspecified atom stereocenters. The third-order valence-corrected chi connectivity index (χ3v) is 3.27. The van der Waals surface area contributed by atoms with Gasteiger partial charge < -0.3 is 0 Å². The Kier molecular flexibility index (Phi) is 4.72. The number of Topliss-reactive ketones (excluding diaryl/α,β-unsaturated/α-hetero) is 1. The number of rotatable bonds is 5. The highest BCUT2D eigenvalue weighted by atomic mass is 16.1. The second-order valence-corrected chi connectivity index (χ2v) is 6.10. The molecule has 92 valence electrons. The molecule has 0 aliphatic rings. The average Bonchev–Trinajstić information content (AvgIpc) is 2.13. The first-order chi connectivity index (χ1) is 7.01. The molecule has 0 N–H and O–H groups in total. The van der Waals surface area contributed by atoms with Gasteiger partial charge in [-0.1, -0.05) is 37.6 Å². The van der Waals surface area contributed by atoms with Crippen LogP contribution in [-0.2, 0) is 4.79 Å². The molecule has 0 fully saturated rings. The molecule has 16 heavy (non-hydrogen) atoms. The third-order valence-electron chi connectivity index (χ3n) is 3.27. The lowest BCUT2D eigenvalue weighted by atomic mass is 9.69. The molecule has 1 nitrogen and oxygen atoms in total. The van der Waals surface area contributed by atoms with E-state index < -0.39 is 5.41 Å². The standard InChI is InChI=1S/C15H26O/c1-11(2)9-10-14(5,6)13(16)15(7,8)12(3)4/h9H,3,10H2,1-2,4-8H3. The Bertz CT molecular complexity index is 312. The van der Waals surface area contributed by atoms with Crippen LogP contribution < -0.4 is 0 Å². The van der Waals surface area contributed by atoms with Gasteiger partial charge in [0.15, 0.2) is 0 Å². The minimum absolute atomic E-state index is 0.269. The Balaban J connectivity index is 4.97. The summed E-state index contributed by atoms with van der Waals surface area (Å²) < 4.78 is 0. The molecule has 0 aliphatic carbocycles. The van der Waals surface area contributed by atoms with Crippen LogP contribution in [0.1, 0.15) is 54.9 Å². The van der Waals surface area contributed by atoms with E-state index in [9.17, 15) is 4.79 Å². The highest BCUT2D eigenvalue weighted by molar-refractivity contribution is 5.91. The molecule has 0 aliphatic heterocycles. The van der Waals surface area contributed by atoms with Crippen molar-refractivity contribution in [1.29, 1.82) is 0 Å². The summed E-state index contributed by atoms with van der Waals surface area (Å²) in [6.45, 7) is 17.9. The maximum absolute atomic E-state index is 12.5. The molecular weight excluding hydrogens is 196 g/mol. The van der Waals surface area contributed by atoms with E-state index in [4.69, 9.17) is 0 Å². The Labute approximate surface area is 101 Å². The normalized spacial score (nSPS) is 12.2. The lowest BCUT2D eigenvalue weighted by Crippen LogP contribution is -2.37. The van der Waals surface area contributed by atoms with Crippen molar-refractivity contribution in [2.24, 2.45) is 10.8 Å². The molecule has 0 aromatic rings. The molecule has 0 radical (unpaired) electrons. The quantitative estimate of drug-likeness (QED) is 0.624. The van der Waals surface area contributed by atoms with E-state index in [1.54, 1.807) is 0 Å². The van der Waals surface area contributed by atoms with Crippen LogP contribution in [0.2, 0.25) is 0 Å². The number of carbonyl (C=O) groups is 1. The molecule has 0 amide bonds. The second-order valence-electron chi connectivity index (χ2n) is 6.10. The fraction of sp³-hybridized carbons (Fsp3) is 0.667. The molecule has 0 aromatic carbocycles. The van der Waals surface area contributed by atoms with Crippen LogP contribution in [0.25, 0.3) is 0 Å². The molecule has 0 saturated heterocycles. The van der Waals surface area contributed by atoms with Gasteiger partial charge in [0.1, 0.15) is 5.78 Å². The summed E-state index contributed by atoms with van der Waals surface area (Å²) in [6.07, 6.45) is 2.93. The summed E-state index contributed by atoms with van der Waals surface area (Å²) in [4.78, 5) is 12.5. The molecule has 0 spiro atoms.